The zero-order valence-electron chi connectivity index (χ0n) is 22.3. The van der Waals surface area contributed by atoms with E-state index < -0.39 is 29.4 Å². The molecule has 0 amide bonds. The fourth-order valence-electron chi connectivity index (χ4n) is 3.88. The number of hydrogen-bond donors (Lipinski definition) is 0. The Balaban J connectivity index is 1.86. The van der Waals surface area contributed by atoms with Crippen molar-refractivity contribution in [1.29, 1.82) is 0 Å². The molecule has 1 atom stereocenters. The fraction of sp³-hybridized carbons (Fsp3) is 0.241. The number of hydrogen-bond acceptors (Lipinski definition) is 7. The molecule has 0 saturated carbocycles. The molecule has 0 unspecified atom stereocenters. The van der Waals surface area contributed by atoms with Gasteiger partial charge in [0.25, 0.3) is 5.56 Å². The maximum Gasteiger partial charge on any atom is 0.416 e. The fourth-order valence-corrected chi connectivity index (χ4v) is 3.88. The van der Waals surface area contributed by atoms with Gasteiger partial charge in [0, 0.05) is 37.0 Å². The van der Waals surface area contributed by atoms with Crippen molar-refractivity contribution in [2.75, 3.05) is 25.6 Å². The summed E-state index contributed by atoms with van der Waals surface area (Å²) < 4.78 is 52.3. The summed E-state index contributed by atoms with van der Waals surface area (Å²) in [6, 6.07) is 16.2. The summed E-state index contributed by atoms with van der Waals surface area (Å²) in [4.78, 5) is 32.0. The minimum atomic E-state index is -4.59. The van der Waals surface area contributed by atoms with Gasteiger partial charge in [-0.2, -0.15) is 22.9 Å². The number of para-hydroxylation sites is 1. The van der Waals surface area contributed by atoms with Gasteiger partial charge in [0.1, 0.15) is 5.75 Å². The highest BCUT2D eigenvalue weighted by atomic mass is 19.4. The number of nitrogens with zero attached hydrogens (tertiary/aromatic N) is 4. The normalized spacial score (nSPS) is 12.5. The molecule has 3 aromatic carbocycles. The van der Waals surface area contributed by atoms with Gasteiger partial charge in [-0.3, -0.25) is 4.79 Å². The van der Waals surface area contributed by atoms with E-state index in [1.165, 1.54) is 18.3 Å². The molecule has 11 heteroatoms. The summed E-state index contributed by atoms with van der Waals surface area (Å²) in [5, 5.41) is 4.59. The van der Waals surface area contributed by atoms with E-state index in [-0.39, 0.29) is 29.1 Å². The summed E-state index contributed by atoms with van der Waals surface area (Å²) in [5.41, 5.74) is 0.112. The highest BCUT2D eigenvalue weighted by Crippen LogP contribution is 2.32. The Morgan fingerprint density at radius 2 is 1.85 bits per heavy atom. The van der Waals surface area contributed by atoms with Crippen molar-refractivity contribution in [2.45, 2.75) is 26.1 Å². The van der Waals surface area contributed by atoms with Crippen LogP contribution in [0.5, 0.6) is 5.75 Å². The van der Waals surface area contributed by atoms with Crippen LogP contribution in [0.25, 0.3) is 22.3 Å². The molecule has 0 aliphatic rings. The van der Waals surface area contributed by atoms with Gasteiger partial charge in [-0.05, 0) is 50.2 Å². The van der Waals surface area contributed by atoms with Crippen LogP contribution in [0.3, 0.4) is 0 Å². The molecule has 0 N–H and O–H groups in total. The predicted molar refractivity (Wildman–Crippen MR) is 147 cm³/mol. The molecule has 0 saturated heterocycles. The molecule has 0 aliphatic carbocycles. The molecular formula is C29H27F3N4O4. The van der Waals surface area contributed by atoms with Crippen molar-refractivity contribution in [3.63, 3.8) is 0 Å². The zero-order chi connectivity index (χ0) is 29.0. The molecule has 208 valence electrons. The molecule has 0 spiro atoms. The van der Waals surface area contributed by atoms with Crippen molar-refractivity contribution < 1.29 is 27.4 Å². The Hall–Kier alpha value is -4.67. The SMILES string of the molecule is CCOC(=O)[C@@H](C)Oc1cc(N(C)C)ccc1C=Nn1c(-c2cccc(C(F)(F)F)c2)nc2ccccc2c1=O. The van der Waals surface area contributed by atoms with Crippen LogP contribution in [-0.2, 0) is 15.7 Å². The number of alkyl halides is 3. The second kappa shape index (κ2) is 11.6. The van der Waals surface area contributed by atoms with Crippen LogP contribution >= 0.6 is 0 Å². The summed E-state index contributed by atoms with van der Waals surface area (Å²) in [6.07, 6.45) is -4.19. The van der Waals surface area contributed by atoms with Gasteiger partial charge in [0.05, 0.1) is 29.3 Å². The molecule has 1 aromatic heterocycles. The standard InChI is InChI=1S/C29H27F3N4O4/c1-5-39-28(38)18(2)40-25-16-22(35(3)4)14-13-20(25)17-33-36-26(19-9-8-10-21(15-19)29(30,31)32)34-24-12-7-6-11-23(24)27(36)37/h6-18H,5H2,1-4H3/t18-/m1/s1. The average molecular weight is 553 g/mol. The third-order valence-electron chi connectivity index (χ3n) is 5.95. The van der Waals surface area contributed by atoms with Crippen LogP contribution in [0.4, 0.5) is 18.9 Å². The van der Waals surface area contributed by atoms with Crippen LogP contribution in [0.1, 0.15) is 25.0 Å². The predicted octanol–water partition coefficient (Wildman–Crippen LogP) is 5.36. The molecule has 8 nitrogen and oxygen atoms in total. The number of rotatable bonds is 8. The number of aromatic nitrogens is 2. The van der Waals surface area contributed by atoms with E-state index >= 15 is 0 Å². The van der Waals surface area contributed by atoms with Crippen molar-refractivity contribution in [2.24, 2.45) is 5.10 Å². The van der Waals surface area contributed by atoms with Crippen LogP contribution in [0.2, 0.25) is 0 Å². The van der Waals surface area contributed by atoms with Crippen LogP contribution in [0, 0.1) is 0 Å². The summed E-state index contributed by atoms with van der Waals surface area (Å²) in [7, 11) is 3.67. The molecule has 40 heavy (non-hydrogen) atoms. The van der Waals surface area contributed by atoms with Gasteiger partial charge in [-0.25, -0.2) is 9.78 Å². The maximum absolute atomic E-state index is 13.5. The topological polar surface area (TPSA) is 86.0 Å². The number of carbonyl (C=O) groups is 1. The largest absolute Gasteiger partial charge is 0.478 e. The molecule has 4 rings (SSSR count). The number of esters is 1. The van der Waals surface area contributed by atoms with Crippen LogP contribution in [-0.4, -0.2) is 48.7 Å². The average Bonchev–Trinajstić information content (AvgIpc) is 2.92. The Labute approximate surface area is 228 Å². The number of halogens is 3. The van der Waals surface area contributed by atoms with Crippen molar-refractivity contribution >= 4 is 28.8 Å². The van der Waals surface area contributed by atoms with Gasteiger partial charge in [0.2, 0.25) is 0 Å². The van der Waals surface area contributed by atoms with E-state index in [1.807, 2.05) is 19.0 Å². The van der Waals surface area contributed by atoms with Crippen LogP contribution < -0.4 is 15.2 Å². The zero-order valence-corrected chi connectivity index (χ0v) is 22.3. The quantitative estimate of drug-likeness (QED) is 0.216. The first-order valence-electron chi connectivity index (χ1n) is 12.4. The van der Waals surface area contributed by atoms with Gasteiger partial charge in [0.15, 0.2) is 11.9 Å². The smallest absolute Gasteiger partial charge is 0.416 e. The number of carbonyl (C=O) groups excluding carboxylic acids is 1. The lowest BCUT2D eigenvalue weighted by atomic mass is 10.1. The van der Waals surface area contributed by atoms with Crippen LogP contribution in [0.15, 0.2) is 76.6 Å². The summed E-state index contributed by atoms with van der Waals surface area (Å²) in [6.45, 7) is 3.42. The number of fused-ring (bicyclic) bond motifs is 1. The monoisotopic (exact) mass is 552 g/mol. The first-order chi connectivity index (χ1) is 19.0. The minimum Gasteiger partial charge on any atom is -0.478 e. The lowest BCUT2D eigenvalue weighted by Crippen LogP contribution is -2.26. The maximum atomic E-state index is 13.5. The van der Waals surface area contributed by atoms with E-state index in [4.69, 9.17) is 9.47 Å². The molecule has 0 fully saturated rings. The van der Waals surface area contributed by atoms with E-state index in [9.17, 15) is 22.8 Å². The Bertz CT molecular complexity index is 1630. The third-order valence-corrected chi connectivity index (χ3v) is 5.95. The van der Waals surface area contributed by atoms with Crippen molar-refractivity contribution in [3.8, 4) is 17.1 Å². The lowest BCUT2D eigenvalue weighted by Gasteiger charge is -2.18. The van der Waals surface area contributed by atoms with E-state index in [1.54, 1.807) is 56.3 Å². The van der Waals surface area contributed by atoms with Gasteiger partial charge >= 0.3 is 12.1 Å². The molecular weight excluding hydrogens is 525 g/mol. The second-order valence-corrected chi connectivity index (χ2v) is 9.02. The Kier molecular flexibility index (Phi) is 8.22. The first kappa shape index (κ1) is 28.3. The number of anilines is 1. The van der Waals surface area contributed by atoms with Gasteiger partial charge < -0.3 is 14.4 Å². The molecule has 4 aromatic rings. The van der Waals surface area contributed by atoms with E-state index in [0.717, 1.165) is 22.5 Å². The summed E-state index contributed by atoms with van der Waals surface area (Å²) in [5.74, 6) is -0.335. The van der Waals surface area contributed by atoms with Crippen molar-refractivity contribution in [1.82, 2.24) is 9.66 Å². The third kappa shape index (κ3) is 6.14. The van der Waals surface area contributed by atoms with Gasteiger partial charge in [-0.15, -0.1) is 0 Å². The Morgan fingerprint density at radius 1 is 1.10 bits per heavy atom. The Morgan fingerprint density at radius 3 is 2.55 bits per heavy atom. The van der Waals surface area contributed by atoms with Crippen molar-refractivity contribution in [3.05, 3.63) is 88.2 Å². The molecule has 0 bridgehead atoms. The molecule has 0 aliphatic heterocycles. The van der Waals surface area contributed by atoms with E-state index in [0.29, 0.717) is 11.1 Å². The number of ether oxygens (including phenoxy) is 2. The summed E-state index contributed by atoms with van der Waals surface area (Å²) >= 11 is 0. The van der Waals surface area contributed by atoms with E-state index in [2.05, 4.69) is 10.1 Å². The lowest BCUT2D eigenvalue weighted by molar-refractivity contribution is -0.150. The molecule has 1 heterocycles. The molecule has 0 radical (unpaired) electrons. The first-order valence-corrected chi connectivity index (χ1v) is 12.4. The van der Waals surface area contributed by atoms with Gasteiger partial charge in [-0.1, -0.05) is 24.3 Å². The second-order valence-electron chi connectivity index (χ2n) is 9.02. The minimum absolute atomic E-state index is 0.0604. The highest BCUT2D eigenvalue weighted by molar-refractivity contribution is 5.86. The number of benzene rings is 3. The highest BCUT2D eigenvalue weighted by Gasteiger charge is 2.31.